The summed E-state index contributed by atoms with van der Waals surface area (Å²) in [7, 11) is 0. The number of hydrogen-bond acceptors (Lipinski definition) is 8. The predicted octanol–water partition coefficient (Wildman–Crippen LogP) is 7.36. The first kappa shape index (κ1) is 26.4. The number of fused-ring (bicyclic) bond motifs is 4. The van der Waals surface area contributed by atoms with Crippen LogP contribution in [0.3, 0.4) is 0 Å². The number of hydrogen-bond donors (Lipinski definition) is 1. The van der Waals surface area contributed by atoms with Gasteiger partial charge in [0, 0.05) is 17.0 Å². The van der Waals surface area contributed by atoms with Gasteiger partial charge in [0.2, 0.25) is 0 Å². The fraction of sp³-hybridized carbons (Fsp3) is 0.357. The summed E-state index contributed by atoms with van der Waals surface area (Å²) in [5.74, 6) is 0.387. The number of nitrogens with zero attached hydrogens (tertiary/aromatic N) is 3. The molecule has 0 fully saturated rings. The Hall–Kier alpha value is -3.26. The van der Waals surface area contributed by atoms with Crippen molar-refractivity contribution in [3.63, 3.8) is 0 Å². The molecule has 38 heavy (non-hydrogen) atoms. The van der Waals surface area contributed by atoms with Crippen molar-refractivity contribution in [2.24, 2.45) is 0 Å². The molecule has 5 rings (SSSR count). The van der Waals surface area contributed by atoms with Crippen LogP contribution in [0.5, 0.6) is 0 Å². The number of benzene rings is 2. The summed E-state index contributed by atoms with van der Waals surface area (Å²) in [5.41, 5.74) is 4.91. The van der Waals surface area contributed by atoms with E-state index in [1.165, 1.54) is 6.07 Å². The Kier molecular flexibility index (Phi) is 7.03. The molecule has 1 amide bonds. The molecule has 1 aliphatic heterocycles. The highest BCUT2D eigenvalue weighted by atomic mass is 32.2. The third-order valence-electron chi connectivity index (χ3n) is 6.29. The second-order valence-corrected chi connectivity index (χ2v) is 12.2. The number of aromatic nitrogens is 2. The van der Waals surface area contributed by atoms with Crippen LogP contribution in [0.15, 0.2) is 23.5 Å². The van der Waals surface area contributed by atoms with Crippen LogP contribution in [0.25, 0.3) is 32.1 Å². The van der Waals surface area contributed by atoms with Crippen molar-refractivity contribution < 1.29 is 18.7 Å². The molecule has 0 aliphatic carbocycles. The van der Waals surface area contributed by atoms with Crippen molar-refractivity contribution in [1.29, 1.82) is 5.26 Å². The molecule has 1 N–H and O–H groups in total. The number of nitriles is 1. The number of thioether (sulfide) groups is 1. The van der Waals surface area contributed by atoms with E-state index in [1.807, 2.05) is 13.1 Å². The van der Waals surface area contributed by atoms with Crippen molar-refractivity contribution in [2.75, 3.05) is 17.7 Å². The Morgan fingerprint density at radius 1 is 1.34 bits per heavy atom. The van der Waals surface area contributed by atoms with Gasteiger partial charge in [-0.3, -0.25) is 5.32 Å². The Morgan fingerprint density at radius 3 is 2.84 bits per heavy atom. The highest BCUT2D eigenvalue weighted by molar-refractivity contribution is 7.99. The van der Waals surface area contributed by atoms with E-state index in [1.54, 1.807) is 38.6 Å². The SMILES string of the molecule is CCSc1ncc2c3c(c(-c4ccc(F)c5sc(NC(=O)OC(C)(C)C)c(C#N)c45)c(C)c2n1)COCC3. The summed E-state index contributed by atoms with van der Waals surface area (Å²) in [6.45, 7) is 10.3. The maximum absolute atomic E-state index is 15.2. The Balaban J connectivity index is 1.78. The number of carbonyl (C=O) groups excluding carboxylic acids is 1. The number of carbonyl (C=O) groups is 1. The van der Waals surface area contributed by atoms with Gasteiger partial charge in [-0.15, -0.1) is 11.3 Å². The normalized spacial score (nSPS) is 13.4. The van der Waals surface area contributed by atoms with E-state index in [-0.39, 0.29) is 10.6 Å². The fourth-order valence-electron chi connectivity index (χ4n) is 4.86. The van der Waals surface area contributed by atoms with E-state index in [2.05, 4.69) is 23.3 Å². The second kappa shape index (κ2) is 10.1. The minimum Gasteiger partial charge on any atom is -0.444 e. The van der Waals surface area contributed by atoms with E-state index in [0.717, 1.165) is 50.2 Å². The molecule has 10 heteroatoms. The summed E-state index contributed by atoms with van der Waals surface area (Å²) in [6.07, 6.45) is 1.89. The smallest absolute Gasteiger partial charge is 0.412 e. The van der Waals surface area contributed by atoms with E-state index >= 15 is 4.39 Å². The zero-order valence-electron chi connectivity index (χ0n) is 21.8. The zero-order valence-corrected chi connectivity index (χ0v) is 23.5. The average Bonchev–Trinajstić information content (AvgIpc) is 3.23. The van der Waals surface area contributed by atoms with Gasteiger partial charge in [0.15, 0.2) is 5.16 Å². The van der Waals surface area contributed by atoms with Gasteiger partial charge in [-0.05, 0) is 73.8 Å². The van der Waals surface area contributed by atoms with Crippen molar-refractivity contribution in [3.05, 3.63) is 46.4 Å². The molecule has 0 saturated carbocycles. The third kappa shape index (κ3) is 4.70. The molecule has 1 aliphatic rings. The number of anilines is 1. The first-order chi connectivity index (χ1) is 18.1. The van der Waals surface area contributed by atoms with Crippen molar-refractivity contribution >= 4 is 55.2 Å². The Bertz CT molecular complexity index is 1640. The molecule has 2 aromatic carbocycles. The number of halogens is 1. The number of thiophene rings is 1. The number of aryl methyl sites for hydroxylation is 1. The zero-order chi connectivity index (χ0) is 27.2. The van der Waals surface area contributed by atoms with Crippen LogP contribution < -0.4 is 5.32 Å². The summed E-state index contributed by atoms with van der Waals surface area (Å²) < 4.78 is 26.7. The van der Waals surface area contributed by atoms with Crippen LogP contribution >= 0.6 is 23.1 Å². The lowest BCUT2D eigenvalue weighted by atomic mass is 9.85. The lowest BCUT2D eigenvalue weighted by Gasteiger charge is -2.25. The highest BCUT2D eigenvalue weighted by Gasteiger charge is 2.27. The van der Waals surface area contributed by atoms with E-state index in [4.69, 9.17) is 14.5 Å². The van der Waals surface area contributed by atoms with Crippen molar-refractivity contribution in [1.82, 2.24) is 9.97 Å². The van der Waals surface area contributed by atoms with Crippen LogP contribution in [0.1, 0.15) is 49.9 Å². The molecule has 7 nitrogen and oxygen atoms in total. The van der Waals surface area contributed by atoms with Crippen molar-refractivity contribution in [2.45, 2.75) is 58.4 Å². The molecule has 196 valence electrons. The molecule has 2 aromatic heterocycles. The van der Waals surface area contributed by atoms with Gasteiger partial charge >= 0.3 is 6.09 Å². The third-order valence-corrected chi connectivity index (χ3v) is 8.15. The van der Waals surface area contributed by atoms with E-state index in [0.29, 0.717) is 40.4 Å². The molecule has 0 atom stereocenters. The summed E-state index contributed by atoms with van der Waals surface area (Å²) in [5, 5.41) is 15.2. The summed E-state index contributed by atoms with van der Waals surface area (Å²) in [6, 6.07) is 5.31. The van der Waals surface area contributed by atoms with Crippen LogP contribution in [0.2, 0.25) is 0 Å². The molecule has 4 aromatic rings. The molecular formula is C28H27FN4O3S2. The first-order valence-corrected chi connectivity index (χ1v) is 14.1. The van der Waals surface area contributed by atoms with Gasteiger partial charge in [0.25, 0.3) is 0 Å². The van der Waals surface area contributed by atoms with Gasteiger partial charge in [0.05, 0.1) is 29.0 Å². The van der Waals surface area contributed by atoms with Crippen molar-refractivity contribution in [3.8, 4) is 17.2 Å². The molecule has 3 heterocycles. The number of nitrogens with one attached hydrogen (secondary N) is 1. The van der Waals surface area contributed by atoms with Gasteiger partial charge in [0.1, 0.15) is 22.5 Å². The van der Waals surface area contributed by atoms with Crippen LogP contribution in [-0.4, -0.2) is 34.0 Å². The average molecular weight is 551 g/mol. The van der Waals surface area contributed by atoms with Gasteiger partial charge in [-0.2, -0.15) is 5.26 Å². The monoisotopic (exact) mass is 550 g/mol. The molecule has 0 unspecified atom stereocenters. The second-order valence-electron chi connectivity index (χ2n) is 9.95. The molecule has 0 spiro atoms. The quantitative estimate of drug-likeness (QED) is 0.209. The lowest BCUT2D eigenvalue weighted by molar-refractivity contribution is 0.0636. The minimum atomic E-state index is -0.720. The van der Waals surface area contributed by atoms with Crippen LogP contribution in [-0.2, 0) is 22.5 Å². The lowest BCUT2D eigenvalue weighted by Crippen LogP contribution is -2.27. The topological polar surface area (TPSA) is 97.1 Å². The van der Waals surface area contributed by atoms with E-state index in [9.17, 15) is 10.1 Å². The van der Waals surface area contributed by atoms with Crippen LogP contribution in [0.4, 0.5) is 14.2 Å². The standard InChI is InChI=1S/C28H27FN4O3S2/c1-6-37-26-31-12-18-15-9-10-35-13-19(15)21(14(2)23(18)32-26)16-7-8-20(29)24-22(16)17(11-30)25(38-24)33-27(34)36-28(3,4)5/h7-8,12H,6,9-10,13H2,1-5H3,(H,33,34). The minimum absolute atomic E-state index is 0.195. The Morgan fingerprint density at radius 2 is 2.13 bits per heavy atom. The fourth-order valence-corrected chi connectivity index (χ4v) is 6.47. The molecule has 0 bridgehead atoms. The highest BCUT2D eigenvalue weighted by Crippen LogP contribution is 2.46. The number of rotatable bonds is 4. The summed E-state index contributed by atoms with van der Waals surface area (Å²) >= 11 is 2.60. The largest absolute Gasteiger partial charge is 0.444 e. The summed E-state index contributed by atoms with van der Waals surface area (Å²) in [4.78, 5) is 22.0. The first-order valence-electron chi connectivity index (χ1n) is 12.3. The molecule has 0 radical (unpaired) electrons. The maximum atomic E-state index is 15.2. The van der Waals surface area contributed by atoms with E-state index < -0.39 is 17.5 Å². The van der Waals surface area contributed by atoms with Gasteiger partial charge in [-0.25, -0.2) is 19.2 Å². The maximum Gasteiger partial charge on any atom is 0.412 e. The van der Waals surface area contributed by atoms with Gasteiger partial charge in [-0.1, -0.05) is 24.8 Å². The predicted molar refractivity (Wildman–Crippen MR) is 149 cm³/mol. The Labute approximate surface area is 228 Å². The number of amides is 1. The van der Waals surface area contributed by atoms with Gasteiger partial charge < -0.3 is 9.47 Å². The molecular weight excluding hydrogens is 523 g/mol. The van der Waals surface area contributed by atoms with Crippen LogP contribution in [0, 0.1) is 24.1 Å². The number of ether oxygens (including phenoxy) is 2. The molecule has 0 saturated heterocycles.